The molecule has 1 aliphatic carbocycles. The van der Waals surface area contributed by atoms with Crippen LogP contribution in [0.2, 0.25) is 0 Å². The summed E-state index contributed by atoms with van der Waals surface area (Å²) in [6, 6.07) is 5.82. The number of hydrogen-bond donors (Lipinski definition) is 1. The third-order valence-corrected chi connectivity index (χ3v) is 3.20. The second-order valence-electron chi connectivity index (χ2n) is 4.86. The predicted molar refractivity (Wildman–Crippen MR) is 65.9 cm³/mol. The van der Waals surface area contributed by atoms with Crippen LogP contribution >= 0.6 is 0 Å². The molecule has 17 heavy (non-hydrogen) atoms. The Morgan fingerprint density at radius 3 is 2.88 bits per heavy atom. The molecule has 1 aromatic rings. The number of nitrogens with zero attached hydrogens (tertiary/aromatic N) is 2. The first-order valence-corrected chi connectivity index (χ1v) is 6.04. The van der Waals surface area contributed by atoms with Crippen molar-refractivity contribution in [3.63, 3.8) is 0 Å². The van der Waals surface area contributed by atoms with Gasteiger partial charge in [-0.2, -0.15) is 0 Å². The molecule has 1 fully saturated rings. The van der Waals surface area contributed by atoms with Gasteiger partial charge in [-0.05, 0) is 31.9 Å². The van der Waals surface area contributed by atoms with Gasteiger partial charge in [-0.1, -0.05) is 6.07 Å². The lowest BCUT2D eigenvalue weighted by molar-refractivity contribution is 0.0272. The van der Waals surface area contributed by atoms with Crippen LogP contribution in [0, 0.1) is 5.92 Å². The highest BCUT2D eigenvalue weighted by Gasteiger charge is 2.27. The lowest BCUT2D eigenvalue weighted by Gasteiger charge is -2.34. The summed E-state index contributed by atoms with van der Waals surface area (Å²) in [4.78, 5) is 6.63. The van der Waals surface area contributed by atoms with E-state index >= 15 is 0 Å². The first-order chi connectivity index (χ1) is 8.17. The molecule has 94 valence electrons. The first kappa shape index (κ1) is 12.3. The van der Waals surface area contributed by atoms with E-state index in [1.54, 1.807) is 7.11 Å². The highest BCUT2D eigenvalue weighted by Crippen LogP contribution is 2.27. The number of ether oxygens (including phenoxy) is 1. The van der Waals surface area contributed by atoms with Crippen LogP contribution in [0.1, 0.15) is 18.5 Å². The van der Waals surface area contributed by atoms with Gasteiger partial charge in [0.1, 0.15) is 0 Å². The van der Waals surface area contributed by atoms with E-state index in [1.807, 2.05) is 18.2 Å². The lowest BCUT2D eigenvalue weighted by Crippen LogP contribution is -2.36. The molecule has 0 radical (unpaired) electrons. The first-order valence-electron chi connectivity index (χ1n) is 6.04. The predicted octanol–water partition coefficient (Wildman–Crippen LogP) is 1.29. The molecule has 1 aliphatic rings. The van der Waals surface area contributed by atoms with Crippen LogP contribution in [0.25, 0.3) is 0 Å². The Morgan fingerprint density at radius 1 is 1.47 bits per heavy atom. The molecule has 4 heteroatoms. The normalized spacial score (nSPS) is 23.5. The van der Waals surface area contributed by atoms with E-state index in [-0.39, 0.29) is 6.10 Å². The molecule has 0 unspecified atom stereocenters. The molecule has 4 nitrogen and oxygen atoms in total. The Bertz CT molecular complexity index is 364. The van der Waals surface area contributed by atoms with Crippen molar-refractivity contribution < 1.29 is 9.84 Å². The third-order valence-electron chi connectivity index (χ3n) is 3.20. The average molecular weight is 236 g/mol. The number of methoxy groups -OCH3 is 1. The third kappa shape index (κ3) is 3.41. The van der Waals surface area contributed by atoms with Crippen molar-refractivity contribution in [2.24, 2.45) is 5.92 Å². The van der Waals surface area contributed by atoms with Gasteiger partial charge in [0.25, 0.3) is 0 Å². The lowest BCUT2D eigenvalue weighted by atomic mass is 9.82. The fourth-order valence-electron chi connectivity index (χ4n) is 2.29. The summed E-state index contributed by atoms with van der Waals surface area (Å²) in [6.07, 6.45) is 1.81. The molecule has 1 aromatic heterocycles. The largest absolute Gasteiger partial charge is 0.481 e. The second kappa shape index (κ2) is 5.47. The van der Waals surface area contributed by atoms with Gasteiger partial charge in [0.2, 0.25) is 5.88 Å². The van der Waals surface area contributed by atoms with E-state index in [2.05, 4.69) is 16.9 Å². The Hall–Kier alpha value is -1.13. The Labute approximate surface area is 102 Å². The van der Waals surface area contributed by atoms with Gasteiger partial charge in [-0.15, -0.1) is 0 Å². The summed E-state index contributed by atoms with van der Waals surface area (Å²) < 4.78 is 5.10. The molecule has 1 N–H and O–H groups in total. The Morgan fingerprint density at radius 2 is 2.24 bits per heavy atom. The Kier molecular flexibility index (Phi) is 3.97. The molecule has 0 aliphatic heterocycles. The molecule has 0 saturated heterocycles. The van der Waals surface area contributed by atoms with Gasteiger partial charge in [0.15, 0.2) is 0 Å². The maximum Gasteiger partial charge on any atom is 0.213 e. The molecule has 0 bridgehead atoms. The number of aliphatic hydroxyl groups excluding tert-OH is 1. The van der Waals surface area contributed by atoms with Crippen LogP contribution in [0.3, 0.4) is 0 Å². The van der Waals surface area contributed by atoms with Crippen molar-refractivity contribution in [1.82, 2.24) is 9.88 Å². The molecule has 1 saturated carbocycles. The fourth-order valence-corrected chi connectivity index (χ4v) is 2.29. The van der Waals surface area contributed by atoms with Crippen LogP contribution in [-0.4, -0.2) is 41.8 Å². The smallest absolute Gasteiger partial charge is 0.213 e. The van der Waals surface area contributed by atoms with Gasteiger partial charge in [0, 0.05) is 19.2 Å². The highest BCUT2D eigenvalue weighted by molar-refractivity contribution is 5.15. The minimum Gasteiger partial charge on any atom is -0.481 e. The zero-order chi connectivity index (χ0) is 12.3. The maximum atomic E-state index is 9.24. The SMILES string of the molecule is COc1cccc(CN(C)CC2CC(O)C2)n1. The molecule has 0 spiro atoms. The monoisotopic (exact) mass is 236 g/mol. The van der Waals surface area contributed by atoms with Crippen molar-refractivity contribution in [2.75, 3.05) is 20.7 Å². The quantitative estimate of drug-likeness (QED) is 0.837. The van der Waals surface area contributed by atoms with Crippen molar-refractivity contribution >= 4 is 0 Å². The van der Waals surface area contributed by atoms with Gasteiger partial charge >= 0.3 is 0 Å². The van der Waals surface area contributed by atoms with Crippen molar-refractivity contribution in [2.45, 2.75) is 25.5 Å². The van der Waals surface area contributed by atoms with Gasteiger partial charge in [0.05, 0.1) is 18.9 Å². The van der Waals surface area contributed by atoms with Crippen LogP contribution < -0.4 is 4.74 Å². The summed E-state index contributed by atoms with van der Waals surface area (Å²) in [5.41, 5.74) is 1.02. The Balaban J connectivity index is 1.82. The molecule has 0 atom stereocenters. The van der Waals surface area contributed by atoms with Crippen LogP contribution in [0.15, 0.2) is 18.2 Å². The van der Waals surface area contributed by atoms with E-state index in [0.717, 1.165) is 31.6 Å². The zero-order valence-corrected chi connectivity index (χ0v) is 10.5. The molecule has 0 aromatic carbocycles. The zero-order valence-electron chi connectivity index (χ0n) is 10.5. The highest BCUT2D eigenvalue weighted by atomic mass is 16.5. The summed E-state index contributed by atoms with van der Waals surface area (Å²) >= 11 is 0. The summed E-state index contributed by atoms with van der Waals surface area (Å²) in [7, 11) is 3.72. The van der Waals surface area contributed by atoms with E-state index in [0.29, 0.717) is 11.8 Å². The molecule has 2 rings (SSSR count). The molecule has 1 heterocycles. The van der Waals surface area contributed by atoms with E-state index in [4.69, 9.17) is 4.74 Å². The number of hydrogen-bond acceptors (Lipinski definition) is 4. The minimum absolute atomic E-state index is 0.0663. The van der Waals surface area contributed by atoms with Crippen molar-refractivity contribution in [3.8, 4) is 5.88 Å². The number of aromatic nitrogens is 1. The minimum atomic E-state index is -0.0663. The van der Waals surface area contributed by atoms with Crippen molar-refractivity contribution in [3.05, 3.63) is 23.9 Å². The van der Waals surface area contributed by atoms with Gasteiger partial charge < -0.3 is 14.7 Å². The summed E-state index contributed by atoms with van der Waals surface area (Å²) in [5.74, 6) is 1.30. The molecule has 0 amide bonds. The second-order valence-corrected chi connectivity index (χ2v) is 4.86. The van der Waals surface area contributed by atoms with Crippen LogP contribution in [0.4, 0.5) is 0 Å². The standard InChI is InChI=1S/C13H20N2O2/c1-15(8-10-6-12(16)7-10)9-11-4-3-5-13(14-11)17-2/h3-5,10,12,16H,6-9H2,1-2H3. The van der Waals surface area contributed by atoms with Crippen molar-refractivity contribution in [1.29, 1.82) is 0 Å². The number of rotatable bonds is 5. The van der Waals surface area contributed by atoms with E-state index in [1.165, 1.54) is 0 Å². The van der Waals surface area contributed by atoms with E-state index in [9.17, 15) is 5.11 Å². The van der Waals surface area contributed by atoms with Crippen LogP contribution in [0.5, 0.6) is 5.88 Å². The van der Waals surface area contributed by atoms with E-state index < -0.39 is 0 Å². The molecular formula is C13H20N2O2. The van der Waals surface area contributed by atoms with Gasteiger partial charge in [-0.25, -0.2) is 4.98 Å². The fraction of sp³-hybridized carbons (Fsp3) is 0.615. The van der Waals surface area contributed by atoms with Gasteiger partial charge in [-0.3, -0.25) is 0 Å². The maximum absolute atomic E-state index is 9.24. The summed E-state index contributed by atoms with van der Waals surface area (Å²) in [6.45, 7) is 1.85. The number of pyridine rings is 1. The molecular weight excluding hydrogens is 216 g/mol. The topological polar surface area (TPSA) is 45.6 Å². The average Bonchev–Trinajstić information content (AvgIpc) is 2.27. The summed E-state index contributed by atoms with van der Waals surface area (Å²) in [5, 5.41) is 9.24. The van der Waals surface area contributed by atoms with Crippen LogP contribution in [-0.2, 0) is 6.54 Å². The number of aliphatic hydroxyl groups is 1.